The summed E-state index contributed by atoms with van der Waals surface area (Å²) in [5.41, 5.74) is 0. The molecule has 1 nitrogen and oxygen atoms in total. The molecular formula is C14H26OSi. The molecule has 0 unspecified atom stereocenters. The van der Waals surface area contributed by atoms with Crippen molar-refractivity contribution in [2.24, 2.45) is 0 Å². The molecule has 0 saturated heterocycles. The van der Waals surface area contributed by atoms with Crippen LogP contribution in [0.5, 0.6) is 0 Å². The van der Waals surface area contributed by atoms with Crippen molar-refractivity contribution < 1.29 is 4.43 Å². The minimum absolute atomic E-state index is 0.246. The summed E-state index contributed by atoms with van der Waals surface area (Å²) in [6, 6.07) is 0. The molecule has 0 aliphatic rings. The lowest BCUT2D eigenvalue weighted by Gasteiger charge is -2.36. The fourth-order valence-electron chi connectivity index (χ4n) is 0.898. The lowest BCUT2D eigenvalue weighted by molar-refractivity contribution is 0.399. The molecule has 0 aromatic rings. The summed E-state index contributed by atoms with van der Waals surface area (Å²) < 4.78 is 6.18. The summed E-state index contributed by atoms with van der Waals surface area (Å²) in [7, 11) is -1.69. The second kappa shape index (κ2) is 6.09. The smallest absolute Gasteiger partial charge is 0.250 e. The molecule has 0 N–H and O–H groups in total. The molecule has 0 amide bonds. The molecule has 2 heteroatoms. The lowest BCUT2D eigenvalue weighted by Crippen LogP contribution is -2.40. The summed E-state index contributed by atoms with van der Waals surface area (Å²) >= 11 is 0. The Bertz CT molecular complexity index is 290. The van der Waals surface area contributed by atoms with Gasteiger partial charge in [-0.2, -0.15) is 0 Å². The third kappa shape index (κ3) is 4.84. The van der Waals surface area contributed by atoms with Crippen LogP contribution >= 0.6 is 0 Å². The van der Waals surface area contributed by atoms with Crippen LogP contribution in [0.15, 0.2) is 36.1 Å². The summed E-state index contributed by atoms with van der Waals surface area (Å²) in [5.74, 6) is 0.977. The second-order valence-electron chi connectivity index (χ2n) is 5.44. The van der Waals surface area contributed by atoms with Gasteiger partial charge in [-0.25, -0.2) is 0 Å². The number of rotatable bonds is 4. The first-order valence-electron chi connectivity index (χ1n) is 5.89. The van der Waals surface area contributed by atoms with Crippen molar-refractivity contribution in [1.29, 1.82) is 0 Å². The van der Waals surface area contributed by atoms with Crippen molar-refractivity contribution in [3.05, 3.63) is 36.1 Å². The Labute approximate surface area is 102 Å². The van der Waals surface area contributed by atoms with Gasteiger partial charge in [0.15, 0.2) is 0 Å². The molecule has 0 rings (SSSR count). The zero-order valence-corrected chi connectivity index (χ0v) is 12.8. The molecule has 92 valence electrons. The van der Waals surface area contributed by atoms with E-state index < -0.39 is 8.32 Å². The molecule has 0 fully saturated rings. The highest BCUT2D eigenvalue weighted by Crippen LogP contribution is 2.37. The maximum absolute atomic E-state index is 6.18. The average molecular weight is 238 g/mol. The van der Waals surface area contributed by atoms with E-state index in [0.717, 1.165) is 5.76 Å². The highest BCUT2D eigenvalue weighted by atomic mass is 28.4. The SMILES string of the molecule is C/C=C/C=C/C(=C\C)O[Si](C)(C)C(C)(C)C. The molecule has 0 heterocycles. The first-order valence-corrected chi connectivity index (χ1v) is 8.80. The Kier molecular flexibility index (Phi) is 5.80. The summed E-state index contributed by atoms with van der Waals surface area (Å²) in [5, 5.41) is 0.246. The van der Waals surface area contributed by atoms with Crippen molar-refractivity contribution in [1.82, 2.24) is 0 Å². The minimum atomic E-state index is -1.69. The van der Waals surface area contributed by atoms with E-state index in [4.69, 9.17) is 4.43 Å². The van der Waals surface area contributed by atoms with Crippen molar-refractivity contribution in [3.63, 3.8) is 0 Å². The maximum Gasteiger partial charge on any atom is 0.250 e. The van der Waals surface area contributed by atoms with Gasteiger partial charge in [0.1, 0.15) is 0 Å². The second-order valence-corrected chi connectivity index (χ2v) is 10.2. The van der Waals surface area contributed by atoms with Crippen LogP contribution in [0.3, 0.4) is 0 Å². The number of hydrogen-bond donors (Lipinski definition) is 0. The van der Waals surface area contributed by atoms with Crippen LogP contribution < -0.4 is 0 Å². The Morgan fingerprint density at radius 2 is 1.62 bits per heavy atom. The van der Waals surface area contributed by atoms with Gasteiger partial charge in [-0.3, -0.25) is 0 Å². The van der Waals surface area contributed by atoms with Crippen molar-refractivity contribution in [3.8, 4) is 0 Å². The van der Waals surface area contributed by atoms with Gasteiger partial charge in [0.2, 0.25) is 8.32 Å². The monoisotopic (exact) mass is 238 g/mol. The molecule has 0 bridgehead atoms. The van der Waals surface area contributed by atoms with Crippen molar-refractivity contribution in [2.45, 2.75) is 52.8 Å². The van der Waals surface area contributed by atoms with Gasteiger partial charge in [0, 0.05) is 0 Å². The van der Waals surface area contributed by atoms with Gasteiger partial charge < -0.3 is 4.43 Å². The highest BCUT2D eigenvalue weighted by Gasteiger charge is 2.38. The molecule has 16 heavy (non-hydrogen) atoms. The van der Waals surface area contributed by atoms with E-state index >= 15 is 0 Å². The standard InChI is InChI=1S/C14H26OSi/c1-8-10-11-12-13(9-2)15-16(6,7)14(3,4)5/h8-12H,1-7H3/b10-8+,12-11+,13-9+. The van der Waals surface area contributed by atoms with Gasteiger partial charge >= 0.3 is 0 Å². The van der Waals surface area contributed by atoms with Gasteiger partial charge in [-0.05, 0) is 44.1 Å². The van der Waals surface area contributed by atoms with E-state index in [1.54, 1.807) is 0 Å². The van der Waals surface area contributed by atoms with Gasteiger partial charge in [-0.1, -0.05) is 39.0 Å². The van der Waals surface area contributed by atoms with E-state index in [-0.39, 0.29) is 5.04 Å². The van der Waals surface area contributed by atoms with Crippen molar-refractivity contribution in [2.75, 3.05) is 0 Å². The Balaban J connectivity index is 4.69. The van der Waals surface area contributed by atoms with E-state index in [9.17, 15) is 0 Å². The zero-order chi connectivity index (χ0) is 12.8. The molecule has 0 spiro atoms. The van der Waals surface area contributed by atoms with Gasteiger partial charge in [-0.15, -0.1) is 0 Å². The topological polar surface area (TPSA) is 9.23 Å². The molecule has 0 atom stereocenters. The molecule has 0 aromatic heterocycles. The Hall–Kier alpha value is -0.763. The highest BCUT2D eigenvalue weighted by molar-refractivity contribution is 6.74. The maximum atomic E-state index is 6.18. The first kappa shape index (κ1) is 15.2. The predicted molar refractivity (Wildman–Crippen MR) is 76.0 cm³/mol. The molecule has 0 radical (unpaired) electrons. The van der Waals surface area contributed by atoms with Gasteiger partial charge in [0.05, 0.1) is 5.76 Å². The molecule has 0 aliphatic heterocycles. The normalized spacial score (nSPS) is 15.1. The minimum Gasteiger partial charge on any atom is -0.544 e. The molecule has 0 aliphatic carbocycles. The fraction of sp³-hybridized carbons (Fsp3) is 0.571. The Morgan fingerprint density at radius 1 is 1.06 bits per heavy atom. The molecular weight excluding hydrogens is 212 g/mol. The quantitative estimate of drug-likeness (QED) is 0.378. The summed E-state index contributed by atoms with van der Waals surface area (Å²) in [6.45, 7) is 15.3. The first-order chi connectivity index (χ1) is 7.24. The van der Waals surface area contributed by atoms with Crippen LogP contribution in [-0.2, 0) is 4.43 Å². The van der Waals surface area contributed by atoms with Crippen LogP contribution in [0.25, 0.3) is 0 Å². The van der Waals surface area contributed by atoms with E-state index in [1.807, 2.05) is 44.2 Å². The van der Waals surface area contributed by atoms with E-state index in [2.05, 4.69) is 33.9 Å². The van der Waals surface area contributed by atoms with Gasteiger partial charge in [0.25, 0.3) is 0 Å². The third-order valence-electron chi connectivity index (χ3n) is 3.03. The zero-order valence-electron chi connectivity index (χ0n) is 11.8. The van der Waals surface area contributed by atoms with E-state index in [0.29, 0.717) is 0 Å². The number of hydrogen-bond acceptors (Lipinski definition) is 1. The van der Waals surface area contributed by atoms with E-state index in [1.165, 1.54) is 0 Å². The third-order valence-corrected chi connectivity index (χ3v) is 7.39. The lowest BCUT2D eigenvalue weighted by atomic mass is 10.2. The summed E-state index contributed by atoms with van der Waals surface area (Å²) in [4.78, 5) is 0. The Morgan fingerprint density at radius 3 is 2.00 bits per heavy atom. The van der Waals surface area contributed by atoms with Crippen LogP contribution in [0, 0.1) is 0 Å². The largest absolute Gasteiger partial charge is 0.544 e. The van der Waals surface area contributed by atoms with Crippen LogP contribution in [0.4, 0.5) is 0 Å². The van der Waals surface area contributed by atoms with Crippen LogP contribution in [0.1, 0.15) is 34.6 Å². The predicted octanol–water partition coefficient (Wildman–Crippen LogP) is 5.04. The average Bonchev–Trinajstić information content (AvgIpc) is 2.14. The number of allylic oxidation sites excluding steroid dienone is 5. The molecule has 0 aromatic carbocycles. The summed E-state index contributed by atoms with van der Waals surface area (Å²) in [6.07, 6.45) is 10.1. The molecule has 0 saturated carbocycles. The fourth-order valence-corrected chi connectivity index (χ4v) is 1.98. The van der Waals surface area contributed by atoms with Crippen LogP contribution in [-0.4, -0.2) is 8.32 Å². The van der Waals surface area contributed by atoms with Crippen molar-refractivity contribution >= 4 is 8.32 Å². The van der Waals surface area contributed by atoms with Crippen LogP contribution in [0.2, 0.25) is 18.1 Å².